The van der Waals surface area contributed by atoms with E-state index in [0.717, 1.165) is 5.56 Å². The second-order valence-corrected chi connectivity index (χ2v) is 4.74. The van der Waals surface area contributed by atoms with Gasteiger partial charge in [0.1, 0.15) is 17.5 Å². The summed E-state index contributed by atoms with van der Waals surface area (Å²) >= 11 is 0. The largest absolute Gasteiger partial charge is 0.426 e. The Kier molecular flexibility index (Phi) is 6.35. The van der Waals surface area contributed by atoms with Crippen molar-refractivity contribution in [2.75, 3.05) is 13.7 Å². The maximum absolute atomic E-state index is 12.0. The van der Waals surface area contributed by atoms with E-state index in [1.165, 1.54) is 14.0 Å². The van der Waals surface area contributed by atoms with E-state index in [4.69, 9.17) is 9.47 Å². The van der Waals surface area contributed by atoms with Crippen LogP contribution in [0.4, 0.5) is 0 Å². The molecule has 1 rings (SSSR count). The minimum atomic E-state index is -0.985. The van der Waals surface area contributed by atoms with Gasteiger partial charge in [0.25, 0.3) is 0 Å². The van der Waals surface area contributed by atoms with Gasteiger partial charge in [0.2, 0.25) is 0 Å². The fraction of sp³-hybridized carbons (Fsp3) is 0.467. The number of hydrogen-bond acceptors (Lipinski definition) is 5. The number of esters is 1. The number of aliphatic hydroxyl groups is 1. The Morgan fingerprint density at radius 2 is 1.85 bits per heavy atom. The topological polar surface area (TPSA) is 72.8 Å². The fourth-order valence-electron chi connectivity index (χ4n) is 1.75. The van der Waals surface area contributed by atoms with E-state index in [9.17, 15) is 14.7 Å². The van der Waals surface area contributed by atoms with Gasteiger partial charge in [0.05, 0.1) is 12.7 Å². The molecule has 1 aromatic rings. The molecule has 1 aromatic carbocycles. The lowest BCUT2D eigenvalue weighted by molar-refractivity contribution is -0.145. The highest BCUT2D eigenvalue weighted by Crippen LogP contribution is 2.16. The summed E-state index contributed by atoms with van der Waals surface area (Å²) in [5.41, 5.74) is 1.04. The molecule has 0 aliphatic rings. The number of ketones is 1. The van der Waals surface area contributed by atoms with Gasteiger partial charge in [-0.15, -0.1) is 0 Å². The Morgan fingerprint density at radius 3 is 2.35 bits per heavy atom. The van der Waals surface area contributed by atoms with Gasteiger partial charge >= 0.3 is 5.97 Å². The number of benzene rings is 1. The molecule has 2 unspecified atom stereocenters. The lowest BCUT2D eigenvalue weighted by atomic mass is 9.98. The van der Waals surface area contributed by atoms with E-state index >= 15 is 0 Å². The number of ether oxygens (including phenoxy) is 2. The summed E-state index contributed by atoms with van der Waals surface area (Å²) < 4.78 is 9.94. The monoisotopic (exact) mass is 280 g/mol. The second kappa shape index (κ2) is 7.77. The summed E-state index contributed by atoms with van der Waals surface area (Å²) in [6.45, 7) is 3.30. The van der Waals surface area contributed by atoms with Crippen molar-refractivity contribution in [3.05, 3.63) is 29.8 Å². The van der Waals surface area contributed by atoms with Crippen molar-refractivity contribution < 1.29 is 24.2 Å². The maximum atomic E-state index is 12.0. The molecule has 0 amide bonds. The SMILES string of the molecule is COCC(O)CC(C(C)=O)C(=O)Oc1ccc(C)cc1. The highest BCUT2D eigenvalue weighted by molar-refractivity contribution is 5.98. The van der Waals surface area contributed by atoms with Crippen LogP contribution in [0.1, 0.15) is 18.9 Å². The minimum absolute atomic E-state index is 0.00608. The summed E-state index contributed by atoms with van der Waals surface area (Å²) in [5, 5.41) is 9.63. The van der Waals surface area contributed by atoms with E-state index < -0.39 is 18.0 Å². The molecule has 2 atom stereocenters. The molecule has 0 fully saturated rings. The van der Waals surface area contributed by atoms with E-state index in [1.807, 2.05) is 19.1 Å². The minimum Gasteiger partial charge on any atom is -0.426 e. The van der Waals surface area contributed by atoms with Gasteiger partial charge in [-0.25, -0.2) is 0 Å². The molecule has 5 heteroatoms. The number of aryl methyl sites for hydroxylation is 1. The van der Waals surface area contributed by atoms with E-state index in [-0.39, 0.29) is 18.8 Å². The predicted octanol–water partition coefficient (Wildman–Crippen LogP) is 1.50. The summed E-state index contributed by atoms with van der Waals surface area (Å²) in [6.07, 6.45) is -0.882. The molecule has 0 aromatic heterocycles. The Hall–Kier alpha value is -1.72. The molecule has 0 saturated carbocycles. The molecule has 110 valence electrons. The zero-order valence-electron chi connectivity index (χ0n) is 12.0. The lowest BCUT2D eigenvalue weighted by Gasteiger charge is -2.16. The van der Waals surface area contributed by atoms with E-state index in [1.54, 1.807) is 12.1 Å². The summed E-state index contributed by atoms with van der Waals surface area (Å²) in [5.74, 6) is -1.59. The van der Waals surface area contributed by atoms with Crippen LogP contribution in [0.2, 0.25) is 0 Å². The first-order valence-corrected chi connectivity index (χ1v) is 6.40. The number of carbonyl (C=O) groups excluding carboxylic acids is 2. The highest BCUT2D eigenvalue weighted by Gasteiger charge is 2.28. The number of carbonyl (C=O) groups is 2. The first-order chi connectivity index (χ1) is 9.43. The molecule has 0 heterocycles. The van der Waals surface area contributed by atoms with Crippen LogP contribution in [0.15, 0.2) is 24.3 Å². The number of Topliss-reactive ketones (excluding diaryl/α,β-unsaturated/α-hetero) is 1. The van der Waals surface area contributed by atoms with Gasteiger partial charge in [0, 0.05) is 7.11 Å². The lowest BCUT2D eigenvalue weighted by Crippen LogP contribution is -2.31. The normalized spacial score (nSPS) is 13.6. The zero-order chi connectivity index (χ0) is 15.1. The van der Waals surface area contributed by atoms with Gasteiger partial charge in [-0.2, -0.15) is 0 Å². The first-order valence-electron chi connectivity index (χ1n) is 6.40. The van der Waals surface area contributed by atoms with Crippen molar-refractivity contribution in [2.24, 2.45) is 5.92 Å². The molecular formula is C15H20O5. The van der Waals surface area contributed by atoms with Crippen molar-refractivity contribution >= 4 is 11.8 Å². The third-order valence-electron chi connectivity index (χ3n) is 2.88. The van der Waals surface area contributed by atoms with Crippen molar-refractivity contribution in [1.29, 1.82) is 0 Å². The molecule has 0 aliphatic heterocycles. The number of rotatable bonds is 7. The zero-order valence-corrected chi connectivity index (χ0v) is 12.0. The predicted molar refractivity (Wildman–Crippen MR) is 73.5 cm³/mol. The van der Waals surface area contributed by atoms with Crippen LogP contribution >= 0.6 is 0 Å². The highest BCUT2D eigenvalue weighted by atomic mass is 16.5. The van der Waals surface area contributed by atoms with Crippen molar-refractivity contribution in [1.82, 2.24) is 0 Å². The first kappa shape index (κ1) is 16.3. The van der Waals surface area contributed by atoms with Gasteiger partial charge in [0.15, 0.2) is 0 Å². The van der Waals surface area contributed by atoms with Crippen LogP contribution in [0.3, 0.4) is 0 Å². The van der Waals surface area contributed by atoms with Crippen LogP contribution in [-0.4, -0.2) is 36.7 Å². The standard InChI is InChI=1S/C15H20O5/c1-10-4-6-13(7-5-10)20-15(18)14(11(2)16)8-12(17)9-19-3/h4-7,12,14,17H,8-9H2,1-3H3. The van der Waals surface area contributed by atoms with Gasteiger partial charge < -0.3 is 14.6 Å². The number of methoxy groups -OCH3 is 1. The molecule has 1 N–H and O–H groups in total. The van der Waals surface area contributed by atoms with Crippen LogP contribution in [0, 0.1) is 12.8 Å². The second-order valence-electron chi connectivity index (χ2n) is 4.74. The van der Waals surface area contributed by atoms with Crippen molar-refractivity contribution in [3.8, 4) is 5.75 Å². The summed E-state index contributed by atoms with van der Waals surface area (Å²) in [6, 6.07) is 6.95. The van der Waals surface area contributed by atoms with Crippen LogP contribution < -0.4 is 4.74 Å². The molecule has 5 nitrogen and oxygen atoms in total. The molecule has 20 heavy (non-hydrogen) atoms. The van der Waals surface area contributed by atoms with Crippen LogP contribution in [0.5, 0.6) is 5.75 Å². The smallest absolute Gasteiger partial charge is 0.321 e. The molecule has 0 spiro atoms. The Bertz CT molecular complexity index is 452. The summed E-state index contributed by atoms with van der Waals surface area (Å²) in [7, 11) is 1.44. The Labute approximate surface area is 118 Å². The van der Waals surface area contributed by atoms with Crippen LogP contribution in [0.25, 0.3) is 0 Å². The number of aliphatic hydroxyl groups excluding tert-OH is 1. The summed E-state index contributed by atoms with van der Waals surface area (Å²) in [4.78, 5) is 23.5. The molecule has 0 aliphatic carbocycles. The molecule has 0 bridgehead atoms. The average Bonchev–Trinajstić information content (AvgIpc) is 2.38. The quantitative estimate of drug-likeness (QED) is 0.465. The third kappa shape index (κ3) is 5.11. The maximum Gasteiger partial charge on any atom is 0.321 e. The van der Waals surface area contributed by atoms with Crippen molar-refractivity contribution in [2.45, 2.75) is 26.4 Å². The number of hydrogen-bond donors (Lipinski definition) is 1. The Balaban J connectivity index is 2.69. The fourth-order valence-corrected chi connectivity index (χ4v) is 1.75. The van der Waals surface area contributed by atoms with E-state index in [2.05, 4.69) is 0 Å². The average molecular weight is 280 g/mol. The van der Waals surface area contributed by atoms with Gasteiger partial charge in [-0.1, -0.05) is 17.7 Å². The molecule has 0 radical (unpaired) electrons. The van der Waals surface area contributed by atoms with E-state index in [0.29, 0.717) is 5.75 Å². The Morgan fingerprint density at radius 1 is 1.25 bits per heavy atom. The van der Waals surface area contributed by atoms with Crippen LogP contribution in [-0.2, 0) is 14.3 Å². The molecular weight excluding hydrogens is 260 g/mol. The molecule has 0 saturated heterocycles. The van der Waals surface area contributed by atoms with Gasteiger partial charge in [-0.3, -0.25) is 9.59 Å². The third-order valence-corrected chi connectivity index (χ3v) is 2.88. The van der Waals surface area contributed by atoms with Gasteiger partial charge in [-0.05, 0) is 32.4 Å². The van der Waals surface area contributed by atoms with Crippen molar-refractivity contribution in [3.63, 3.8) is 0 Å².